The Balaban J connectivity index is 1.56. The van der Waals surface area contributed by atoms with Gasteiger partial charge in [-0.05, 0) is 12.5 Å². The van der Waals surface area contributed by atoms with Crippen LogP contribution in [0.1, 0.15) is 33.6 Å². The number of hydrogen-bond donors (Lipinski definition) is 0. The summed E-state index contributed by atoms with van der Waals surface area (Å²) in [5.74, 6) is 1.55. The highest BCUT2D eigenvalue weighted by Crippen LogP contribution is 2.30. The predicted octanol–water partition coefficient (Wildman–Crippen LogP) is 2.01. The molecular formula is C20H21N7O. The molecule has 4 aromatic rings. The van der Waals surface area contributed by atoms with Crippen LogP contribution in [0.15, 0.2) is 48.9 Å². The van der Waals surface area contributed by atoms with E-state index in [9.17, 15) is 4.79 Å². The molecule has 0 saturated heterocycles. The van der Waals surface area contributed by atoms with Gasteiger partial charge >= 0.3 is 0 Å². The van der Waals surface area contributed by atoms with Crippen LogP contribution in [0, 0.1) is 6.92 Å². The number of nitrogens with zero attached hydrogens (tertiary/aromatic N) is 7. The lowest BCUT2D eigenvalue weighted by atomic mass is 10.0. The first-order chi connectivity index (χ1) is 13.6. The van der Waals surface area contributed by atoms with E-state index in [-0.39, 0.29) is 11.9 Å². The number of aryl methyl sites for hydroxylation is 2. The summed E-state index contributed by atoms with van der Waals surface area (Å²) >= 11 is 0. The summed E-state index contributed by atoms with van der Waals surface area (Å²) in [5, 5.41) is 8.83. The molecule has 142 valence electrons. The number of carbonyl (C=O) groups excluding carboxylic acids is 1. The fourth-order valence-electron chi connectivity index (χ4n) is 4.02. The molecule has 5 rings (SSSR count). The summed E-state index contributed by atoms with van der Waals surface area (Å²) in [4.78, 5) is 20.1. The summed E-state index contributed by atoms with van der Waals surface area (Å²) < 4.78 is 5.59. The minimum Gasteiger partial charge on any atom is -0.334 e. The summed E-state index contributed by atoms with van der Waals surface area (Å²) in [6, 6.07) is 10.0. The van der Waals surface area contributed by atoms with Crippen molar-refractivity contribution in [2.45, 2.75) is 25.9 Å². The zero-order valence-electron chi connectivity index (χ0n) is 15.9. The van der Waals surface area contributed by atoms with Crippen molar-refractivity contribution in [3.05, 3.63) is 71.7 Å². The third kappa shape index (κ3) is 2.60. The van der Waals surface area contributed by atoms with Crippen molar-refractivity contribution in [2.75, 3.05) is 6.54 Å². The molecule has 1 atom stereocenters. The molecule has 0 saturated carbocycles. The van der Waals surface area contributed by atoms with Gasteiger partial charge in [-0.2, -0.15) is 10.2 Å². The molecule has 0 unspecified atom stereocenters. The second kappa shape index (κ2) is 6.33. The quantitative estimate of drug-likeness (QED) is 0.549. The van der Waals surface area contributed by atoms with Crippen molar-refractivity contribution in [2.24, 2.45) is 7.05 Å². The van der Waals surface area contributed by atoms with Crippen molar-refractivity contribution >= 4 is 11.6 Å². The zero-order valence-corrected chi connectivity index (χ0v) is 15.9. The van der Waals surface area contributed by atoms with Crippen LogP contribution >= 0.6 is 0 Å². The molecule has 4 heterocycles. The summed E-state index contributed by atoms with van der Waals surface area (Å²) in [5.41, 5.74) is 2.57. The minimum absolute atomic E-state index is 0.0235. The number of benzene rings is 1. The largest absolute Gasteiger partial charge is 0.334 e. The van der Waals surface area contributed by atoms with Gasteiger partial charge in [0.2, 0.25) is 0 Å². The van der Waals surface area contributed by atoms with Crippen molar-refractivity contribution in [1.82, 2.24) is 33.8 Å². The van der Waals surface area contributed by atoms with E-state index in [0.717, 1.165) is 17.3 Å². The van der Waals surface area contributed by atoms with Gasteiger partial charge in [0.05, 0.1) is 18.8 Å². The molecule has 1 aliphatic heterocycles. The van der Waals surface area contributed by atoms with Gasteiger partial charge in [0, 0.05) is 32.4 Å². The molecule has 1 amide bonds. The molecule has 8 heteroatoms. The maximum absolute atomic E-state index is 13.5. The fourth-order valence-corrected chi connectivity index (χ4v) is 4.02. The molecule has 0 N–H and O–H groups in total. The van der Waals surface area contributed by atoms with Crippen molar-refractivity contribution in [3.63, 3.8) is 0 Å². The van der Waals surface area contributed by atoms with Crippen LogP contribution in [0.2, 0.25) is 0 Å². The minimum atomic E-state index is -0.167. The van der Waals surface area contributed by atoms with Crippen molar-refractivity contribution < 1.29 is 4.79 Å². The Hall–Kier alpha value is -3.42. The Morgan fingerprint density at radius 3 is 2.82 bits per heavy atom. The third-order valence-corrected chi connectivity index (χ3v) is 5.33. The van der Waals surface area contributed by atoms with Gasteiger partial charge < -0.3 is 9.47 Å². The second-order valence-electron chi connectivity index (χ2n) is 7.18. The fraction of sp³-hybridized carbons (Fsp3) is 0.300. The third-order valence-electron chi connectivity index (χ3n) is 5.33. The maximum Gasteiger partial charge on any atom is 0.259 e. The highest BCUT2D eigenvalue weighted by molar-refractivity contribution is 6.00. The molecule has 1 aromatic carbocycles. The standard InChI is InChI=1S/C20H21N7O/c1-14-22-18-17(12-15-6-4-3-5-7-15)25(9-11-26(18)23-14)20(28)16-13-21-27-10-8-24(2)19(16)27/h3-8,10,13,17H,9,11-12H2,1-2H3/t17-/m0/s1. The Morgan fingerprint density at radius 2 is 2.00 bits per heavy atom. The van der Waals surface area contributed by atoms with Gasteiger partial charge in [0.15, 0.2) is 0 Å². The normalized spacial score (nSPS) is 16.5. The SMILES string of the molecule is Cc1nc2n(n1)CCN(C(=O)c1cnn3ccn(C)c13)[C@H]2Cc1ccccc1. The van der Waals surface area contributed by atoms with Gasteiger partial charge in [-0.25, -0.2) is 14.2 Å². The number of aromatic nitrogens is 6. The molecule has 0 radical (unpaired) electrons. The van der Waals surface area contributed by atoms with Gasteiger partial charge in [-0.15, -0.1) is 0 Å². The molecule has 8 nitrogen and oxygen atoms in total. The van der Waals surface area contributed by atoms with E-state index in [2.05, 4.69) is 27.3 Å². The van der Waals surface area contributed by atoms with Crippen LogP contribution in [0.4, 0.5) is 0 Å². The molecule has 0 spiro atoms. The molecule has 0 bridgehead atoms. The first kappa shape index (κ1) is 16.7. The molecule has 0 aliphatic carbocycles. The number of imidazole rings is 1. The van der Waals surface area contributed by atoms with Gasteiger partial charge in [0.25, 0.3) is 5.91 Å². The monoisotopic (exact) mass is 375 g/mol. The lowest BCUT2D eigenvalue weighted by molar-refractivity contribution is 0.0610. The van der Waals surface area contributed by atoms with Gasteiger partial charge in [0.1, 0.15) is 22.9 Å². The van der Waals surface area contributed by atoms with Gasteiger partial charge in [-0.1, -0.05) is 30.3 Å². The van der Waals surface area contributed by atoms with E-state index in [4.69, 9.17) is 0 Å². The molecular weight excluding hydrogens is 354 g/mol. The van der Waals surface area contributed by atoms with E-state index >= 15 is 0 Å². The van der Waals surface area contributed by atoms with Crippen LogP contribution in [0.3, 0.4) is 0 Å². The first-order valence-corrected chi connectivity index (χ1v) is 9.37. The maximum atomic E-state index is 13.5. The Morgan fingerprint density at radius 1 is 1.18 bits per heavy atom. The van der Waals surface area contributed by atoms with Crippen LogP contribution in [-0.2, 0) is 20.0 Å². The summed E-state index contributed by atoms with van der Waals surface area (Å²) in [6.07, 6.45) is 6.10. The summed E-state index contributed by atoms with van der Waals surface area (Å²) in [7, 11) is 1.92. The average molecular weight is 375 g/mol. The van der Waals surface area contributed by atoms with E-state index in [0.29, 0.717) is 25.1 Å². The Bertz CT molecular complexity index is 1150. The van der Waals surface area contributed by atoms with E-state index in [1.807, 2.05) is 58.7 Å². The van der Waals surface area contributed by atoms with E-state index in [1.165, 1.54) is 5.56 Å². The van der Waals surface area contributed by atoms with Crippen LogP contribution in [0.5, 0.6) is 0 Å². The highest BCUT2D eigenvalue weighted by atomic mass is 16.2. The number of amides is 1. The van der Waals surface area contributed by atoms with Crippen LogP contribution in [0.25, 0.3) is 5.65 Å². The topological polar surface area (TPSA) is 73.2 Å². The van der Waals surface area contributed by atoms with E-state index < -0.39 is 0 Å². The van der Waals surface area contributed by atoms with Crippen LogP contribution in [-0.4, -0.2) is 46.3 Å². The Kier molecular flexibility index (Phi) is 3.78. The lowest BCUT2D eigenvalue weighted by Gasteiger charge is -2.35. The van der Waals surface area contributed by atoms with E-state index in [1.54, 1.807) is 10.7 Å². The zero-order chi connectivity index (χ0) is 19.3. The highest BCUT2D eigenvalue weighted by Gasteiger charge is 2.35. The van der Waals surface area contributed by atoms with Crippen molar-refractivity contribution in [1.29, 1.82) is 0 Å². The number of rotatable bonds is 3. The first-order valence-electron chi connectivity index (χ1n) is 9.37. The number of fused-ring (bicyclic) bond motifs is 2. The van der Waals surface area contributed by atoms with Gasteiger partial charge in [-0.3, -0.25) is 4.79 Å². The average Bonchev–Trinajstić information content (AvgIpc) is 3.38. The van der Waals surface area contributed by atoms with Crippen LogP contribution < -0.4 is 0 Å². The number of carbonyl (C=O) groups is 1. The molecule has 3 aromatic heterocycles. The lowest BCUT2D eigenvalue weighted by Crippen LogP contribution is -2.43. The van der Waals surface area contributed by atoms with Crippen molar-refractivity contribution in [3.8, 4) is 0 Å². The Labute approximate surface area is 162 Å². The second-order valence-corrected chi connectivity index (χ2v) is 7.18. The summed E-state index contributed by atoms with van der Waals surface area (Å²) in [6.45, 7) is 3.13. The smallest absolute Gasteiger partial charge is 0.259 e. The molecule has 28 heavy (non-hydrogen) atoms. The predicted molar refractivity (Wildman–Crippen MR) is 103 cm³/mol. The number of hydrogen-bond acceptors (Lipinski definition) is 4. The molecule has 1 aliphatic rings. The molecule has 0 fully saturated rings.